The number of carboxylic acids is 1. The number of carboxylic acid groups (broad SMARTS) is 1. The molecule has 1 aliphatic heterocycles. The van der Waals surface area contributed by atoms with E-state index in [-0.39, 0.29) is 17.2 Å². The highest BCUT2D eigenvalue weighted by molar-refractivity contribution is 5.87. The second kappa shape index (κ2) is 5.18. The number of nitrogens with zero attached hydrogens (tertiary/aromatic N) is 1. The Morgan fingerprint density at radius 2 is 2.00 bits per heavy atom. The molecule has 0 spiro atoms. The molecule has 3 atom stereocenters. The van der Waals surface area contributed by atoms with Crippen molar-refractivity contribution in [1.29, 1.82) is 0 Å². The van der Waals surface area contributed by atoms with Gasteiger partial charge < -0.3 is 19.5 Å². The lowest BCUT2D eigenvalue weighted by molar-refractivity contribution is -0.143. The van der Waals surface area contributed by atoms with E-state index in [1.807, 2.05) is 20.8 Å². The third kappa shape index (κ3) is 2.86. The summed E-state index contributed by atoms with van der Waals surface area (Å²) in [7, 11) is 0. The van der Waals surface area contributed by atoms with Crippen LogP contribution in [0.3, 0.4) is 0 Å². The van der Waals surface area contributed by atoms with Crippen LogP contribution in [0, 0.1) is 12.3 Å². The van der Waals surface area contributed by atoms with Crippen LogP contribution in [0.2, 0.25) is 0 Å². The van der Waals surface area contributed by atoms with Gasteiger partial charge in [0.2, 0.25) is 0 Å². The number of aliphatic hydroxyl groups is 1. The van der Waals surface area contributed by atoms with Crippen molar-refractivity contribution in [3.63, 3.8) is 0 Å². The van der Waals surface area contributed by atoms with Gasteiger partial charge in [0.1, 0.15) is 6.10 Å². The van der Waals surface area contributed by atoms with Gasteiger partial charge in [0.15, 0.2) is 11.5 Å². The van der Waals surface area contributed by atoms with E-state index >= 15 is 0 Å². The lowest BCUT2D eigenvalue weighted by Gasteiger charge is -2.39. The predicted octanol–water partition coefficient (Wildman–Crippen LogP) is 2.31. The Morgan fingerprint density at radius 1 is 1.35 bits per heavy atom. The zero-order valence-electron chi connectivity index (χ0n) is 12.2. The molecule has 0 saturated carbocycles. The minimum Gasteiger partial charge on any atom is -0.476 e. The molecule has 2 heterocycles. The maximum absolute atomic E-state index is 11.0. The second-order valence-corrected chi connectivity index (χ2v) is 6.43. The van der Waals surface area contributed by atoms with Crippen molar-refractivity contribution in [3.8, 4) is 0 Å². The fourth-order valence-corrected chi connectivity index (χ4v) is 2.47. The van der Waals surface area contributed by atoms with Crippen LogP contribution in [0.25, 0.3) is 0 Å². The minimum absolute atomic E-state index is 0.101. The molecule has 0 aromatic carbocycles. The Balaban J connectivity index is 2.26. The van der Waals surface area contributed by atoms with Gasteiger partial charge in [-0.3, -0.25) is 0 Å². The van der Waals surface area contributed by atoms with Crippen LogP contribution in [-0.2, 0) is 4.74 Å². The summed E-state index contributed by atoms with van der Waals surface area (Å²) in [5.41, 5.74) is 0.253. The number of aromatic nitrogens is 1. The molecule has 1 aromatic rings. The molecule has 2 N–H and O–H groups in total. The van der Waals surface area contributed by atoms with E-state index in [1.165, 1.54) is 0 Å². The molecule has 0 amide bonds. The SMILES string of the molecule is Cc1c(C(=O)O)noc1[C@H]1C[C@@H](O)C[C@@H](C(C)(C)C)O1. The van der Waals surface area contributed by atoms with Gasteiger partial charge in [-0.2, -0.15) is 0 Å². The lowest BCUT2D eigenvalue weighted by Crippen LogP contribution is -2.39. The lowest BCUT2D eigenvalue weighted by atomic mass is 9.82. The van der Waals surface area contributed by atoms with E-state index in [4.69, 9.17) is 14.4 Å². The van der Waals surface area contributed by atoms with Crippen molar-refractivity contribution in [2.75, 3.05) is 0 Å². The van der Waals surface area contributed by atoms with Crippen LogP contribution in [0.4, 0.5) is 0 Å². The summed E-state index contributed by atoms with van der Waals surface area (Å²) in [6.45, 7) is 7.78. The van der Waals surface area contributed by atoms with E-state index < -0.39 is 18.2 Å². The van der Waals surface area contributed by atoms with E-state index in [0.29, 0.717) is 24.2 Å². The maximum Gasteiger partial charge on any atom is 0.358 e. The molecule has 1 aromatic heterocycles. The van der Waals surface area contributed by atoms with Gasteiger partial charge in [-0.05, 0) is 12.3 Å². The van der Waals surface area contributed by atoms with E-state index in [0.717, 1.165) is 0 Å². The number of ether oxygens (including phenoxy) is 1. The first-order valence-corrected chi connectivity index (χ1v) is 6.73. The summed E-state index contributed by atoms with van der Waals surface area (Å²) in [6, 6.07) is 0. The summed E-state index contributed by atoms with van der Waals surface area (Å²) in [4.78, 5) is 11.0. The standard InChI is InChI=1S/C14H21NO5/c1-7-11(13(17)18)15-20-12(7)9-5-8(16)6-10(19-9)14(2,3)4/h8-10,16H,5-6H2,1-4H3,(H,17,18)/t8-,9-,10+/m1/s1. The Bertz CT molecular complexity index is 502. The molecule has 0 unspecified atom stereocenters. The Labute approximate surface area is 117 Å². The molecule has 1 aliphatic rings. The molecule has 112 valence electrons. The molecule has 6 nitrogen and oxygen atoms in total. The molecule has 20 heavy (non-hydrogen) atoms. The second-order valence-electron chi connectivity index (χ2n) is 6.43. The Kier molecular flexibility index (Phi) is 3.88. The van der Waals surface area contributed by atoms with Crippen LogP contribution in [-0.4, -0.2) is 33.5 Å². The third-order valence-corrected chi connectivity index (χ3v) is 3.72. The largest absolute Gasteiger partial charge is 0.476 e. The van der Waals surface area contributed by atoms with Gasteiger partial charge >= 0.3 is 5.97 Å². The zero-order chi connectivity index (χ0) is 15.1. The number of aromatic carboxylic acids is 1. The van der Waals surface area contributed by atoms with Gasteiger partial charge in [0, 0.05) is 18.4 Å². The van der Waals surface area contributed by atoms with Crippen molar-refractivity contribution < 1.29 is 24.3 Å². The smallest absolute Gasteiger partial charge is 0.358 e. The number of hydrogen-bond acceptors (Lipinski definition) is 5. The fraction of sp³-hybridized carbons (Fsp3) is 0.714. The van der Waals surface area contributed by atoms with E-state index in [1.54, 1.807) is 6.92 Å². The number of rotatable bonds is 2. The van der Waals surface area contributed by atoms with Gasteiger partial charge in [-0.15, -0.1) is 0 Å². The topological polar surface area (TPSA) is 92.8 Å². The molecule has 1 fully saturated rings. The zero-order valence-corrected chi connectivity index (χ0v) is 12.2. The van der Waals surface area contributed by atoms with E-state index in [2.05, 4.69) is 5.16 Å². The quantitative estimate of drug-likeness (QED) is 0.865. The van der Waals surface area contributed by atoms with Gasteiger partial charge in [0.25, 0.3) is 0 Å². The average molecular weight is 283 g/mol. The van der Waals surface area contributed by atoms with E-state index in [9.17, 15) is 9.90 Å². The highest BCUT2D eigenvalue weighted by Crippen LogP contribution is 2.39. The molecule has 2 rings (SSSR count). The Hall–Kier alpha value is -1.40. The van der Waals surface area contributed by atoms with Gasteiger partial charge in [-0.1, -0.05) is 25.9 Å². The highest BCUT2D eigenvalue weighted by atomic mass is 16.5. The Morgan fingerprint density at radius 3 is 2.50 bits per heavy atom. The number of aliphatic hydroxyl groups excluding tert-OH is 1. The van der Waals surface area contributed by atoms with Crippen molar-refractivity contribution >= 4 is 5.97 Å². The summed E-state index contributed by atoms with van der Waals surface area (Å²) in [5, 5.41) is 22.6. The van der Waals surface area contributed by atoms with Crippen molar-refractivity contribution in [3.05, 3.63) is 17.0 Å². The van der Waals surface area contributed by atoms with Gasteiger partial charge in [0.05, 0.1) is 12.2 Å². The molecule has 0 aliphatic carbocycles. The van der Waals surface area contributed by atoms with Crippen LogP contribution in [0.1, 0.15) is 61.5 Å². The summed E-state index contributed by atoms with van der Waals surface area (Å²) < 4.78 is 11.1. The first kappa shape index (κ1) is 15.0. The minimum atomic E-state index is -1.12. The number of hydrogen-bond donors (Lipinski definition) is 2. The molecular formula is C14H21NO5. The third-order valence-electron chi connectivity index (χ3n) is 3.72. The summed E-state index contributed by atoms with van der Waals surface area (Å²) in [5.74, 6) is -0.725. The highest BCUT2D eigenvalue weighted by Gasteiger charge is 2.38. The molecule has 0 bridgehead atoms. The predicted molar refractivity (Wildman–Crippen MR) is 70.5 cm³/mol. The first-order chi connectivity index (χ1) is 9.20. The maximum atomic E-state index is 11.0. The molecular weight excluding hydrogens is 262 g/mol. The molecule has 1 saturated heterocycles. The van der Waals surface area contributed by atoms with Crippen LogP contribution < -0.4 is 0 Å². The van der Waals surface area contributed by atoms with Gasteiger partial charge in [-0.25, -0.2) is 4.79 Å². The molecule has 6 heteroatoms. The van der Waals surface area contributed by atoms with Crippen molar-refractivity contribution in [2.24, 2.45) is 5.41 Å². The normalized spacial score (nSPS) is 27.6. The van der Waals surface area contributed by atoms with Crippen LogP contribution >= 0.6 is 0 Å². The molecule has 0 radical (unpaired) electrons. The van der Waals surface area contributed by atoms with Crippen LogP contribution in [0.15, 0.2) is 4.52 Å². The fourth-order valence-electron chi connectivity index (χ4n) is 2.47. The van der Waals surface area contributed by atoms with Crippen molar-refractivity contribution in [2.45, 2.75) is 58.8 Å². The summed E-state index contributed by atoms with van der Waals surface area (Å²) >= 11 is 0. The average Bonchev–Trinajstić information content (AvgIpc) is 2.69. The number of carbonyl (C=O) groups is 1. The van der Waals surface area contributed by atoms with Crippen molar-refractivity contribution in [1.82, 2.24) is 5.16 Å². The van der Waals surface area contributed by atoms with Crippen LogP contribution in [0.5, 0.6) is 0 Å². The monoisotopic (exact) mass is 283 g/mol. The first-order valence-electron chi connectivity index (χ1n) is 6.73. The summed E-state index contributed by atoms with van der Waals surface area (Å²) in [6.07, 6.45) is -0.103.